The third kappa shape index (κ3) is 4.37. The zero-order chi connectivity index (χ0) is 21.2. The van der Waals surface area contributed by atoms with Crippen LogP contribution >= 0.6 is 0 Å². The van der Waals surface area contributed by atoms with Crippen molar-refractivity contribution in [3.63, 3.8) is 0 Å². The molecule has 5 nitrogen and oxygen atoms in total. The molecule has 2 aromatic carbocycles. The second-order valence-corrected chi connectivity index (χ2v) is 6.26. The Labute approximate surface area is 164 Å². The Morgan fingerprint density at radius 1 is 1.10 bits per heavy atom. The number of halogens is 3. The molecule has 0 radical (unpaired) electrons. The molecule has 0 spiro atoms. The minimum Gasteiger partial charge on any atom is -0.462 e. The van der Waals surface area contributed by atoms with Crippen molar-refractivity contribution >= 4 is 34.0 Å². The van der Waals surface area contributed by atoms with Gasteiger partial charge < -0.3 is 10.1 Å². The van der Waals surface area contributed by atoms with Crippen molar-refractivity contribution in [2.24, 2.45) is 0 Å². The summed E-state index contributed by atoms with van der Waals surface area (Å²) < 4.78 is 44.1. The molecule has 3 rings (SSSR count). The number of ether oxygens (including phenoxy) is 1. The first-order valence-electron chi connectivity index (χ1n) is 8.75. The maximum absolute atomic E-state index is 13.0. The van der Waals surface area contributed by atoms with Gasteiger partial charge in [-0.2, -0.15) is 13.2 Å². The molecule has 3 aromatic rings. The number of fused-ring (bicyclic) bond motifs is 1. The van der Waals surface area contributed by atoms with Crippen LogP contribution in [0.25, 0.3) is 10.9 Å². The first-order chi connectivity index (χ1) is 13.7. The van der Waals surface area contributed by atoms with Gasteiger partial charge in [0.15, 0.2) is 5.78 Å². The lowest BCUT2D eigenvalue weighted by Crippen LogP contribution is -2.10. The zero-order valence-electron chi connectivity index (χ0n) is 15.6. The predicted octanol–water partition coefficient (Wildman–Crippen LogP) is 5.38. The lowest BCUT2D eigenvalue weighted by Gasteiger charge is -2.15. The number of rotatable bonds is 5. The van der Waals surface area contributed by atoms with Gasteiger partial charge in [0.2, 0.25) is 0 Å². The molecule has 1 aromatic heterocycles. The van der Waals surface area contributed by atoms with Gasteiger partial charge in [-0.25, -0.2) is 4.79 Å². The van der Waals surface area contributed by atoms with Crippen molar-refractivity contribution in [1.29, 1.82) is 0 Å². The van der Waals surface area contributed by atoms with Crippen molar-refractivity contribution in [3.05, 3.63) is 65.4 Å². The number of hydrogen-bond donors (Lipinski definition) is 1. The maximum Gasteiger partial charge on any atom is 0.416 e. The quantitative estimate of drug-likeness (QED) is 0.459. The highest BCUT2D eigenvalue weighted by Gasteiger charge is 2.31. The largest absolute Gasteiger partial charge is 0.462 e. The molecule has 0 fully saturated rings. The number of esters is 1. The SMILES string of the molecule is CCOC(=O)c1cnc2cc(C(F)(F)F)ccc2c1Nc1ccc(C(C)=O)cc1. The number of carbonyl (C=O) groups excluding carboxylic acids is 2. The van der Waals surface area contributed by atoms with Crippen molar-refractivity contribution in [2.75, 3.05) is 11.9 Å². The molecule has 0 bridgehead atoms. The fourth-order valence-electron chi connectivity index (χ4n) is 2.80. The highest BCUT2D eigenvalue weighted by molar-refractivity contribution is 6.06. The Kier molecular flexibility index (Phi) is 5.54. The first kappa shape index (κ1) is 20.3. The fraction of sp³-hybridized carbons (Fsp3) is 0.190. The molecule has 0 saturated heterocycles. The molecule has 0 amide bonds. The summed E-state index contributed by atoms with van der Waals surface area (Å²) in [6.45, 7) is 3.22. The highest BCUT2D eigenvalue weighted by atomic mass is 19.4. The molecule has 0 aliphatic carbocycles. The number of benzene rings is 2. The normalized spacial score (nSPS) is 11.3. The van der Waals surface area contributed by atoms with E-state index in [4.69, 9.17) is 4.74 Å². The molecule has 0 aliphatic rings. The number of anilines is 2. The molecule has 8 heteroatoms. The number of aromatic nitrogens is 1. The third-order valence-electron chi connectivity index (χ3n) is 4.25. The van der Waals surface area contributed by atoms with Gasteiger partial charge >= 0.3 is 12.1 Å². The average Bonchev–Trinajstić information content (AvgIpc) is 2.67. The summed E-state index contributed by atoms with van der Waals surface area (Å²) in [5.41, 5.74) is 0.671. The molecular weight excluding hydrogens is 385 g/mol. The van der Waals surface area contributed by atoms with E-state index in [1.165, 1.54) is 19.2 Å². The number of Topliss-reactive ketones (excluding diaryl/α,β-unsaturated/α-hetero) is 1. The summed E-state index contributed by atoms with van der Waals surface area (Å²) in [4.78, 5) is 27.8. The lowest BCUT2D eigenvalue weighted by atomic mass is 10.1. The van der Waals surface area contributed by atoms with Gasteiger partial charge in [-0.3, -0.25) is 9.78 Å². The summed E-state index contributed by atoms with van der Waals surface area (Å²) in [6.07, 6.45) is -3.32. The number of carbonyl (C=O) groups is 2. The number of nitrogens with one attached hydrogen (secondary N) is 1. The van der Waals surface area contributed by atoms with Gasteiger partial charge in [0.1, 0.15) is 5.56 Å². The van der Waals surface area contributed by atoms with Crippen LogP contribution in [0, 0.1) is 0 Å². The van der Waals surface area contributed by atoms with E-state index >= 15 is 0 Å². The summed E-state index contributed by atoms with van der Waals surface area (Å²) in [5, 5.41) is 3.38. The smallest absolute Gasteiger partial charge is 0.416 e. The maximum atomic E-state index is 13.0. The Morgan fingerprint density at radius 2 is 1.79 bits per heavy atom. The van der Waals surface area contributed by atoms with Crippen LogP contribution in [-0.2, 0) is 10.9 Å². The fourth-order valence-corrected chi connectivity index (χ4v) is 2.80. The monoisotopic (exact) mass is 402 g/mol. The summed E-state index contributed by atoms with van der Waals surface area (Å²) in [7, 11) is 0. The summed E-state index contributed by atoms with van der Waals surface area (Å²) >= 11 is 0. The van der Waals surface area contributed by atoms with Gasteiger partial charge in [0.05, 0.1) is 23.4 Å². The predicted molar refractivity (Wildman–Crippen MR) is 102 cm³/mol. The van der Waals surface area contributed by atoms with Crippen LogP contribution in [0.4, 0.5) is 24.5 Å². The molecule has 29 heavy (non-hydrogen) atoms. The molecular formula is C21H17F3N2O3. The zero-order valence-corrected chi connectivity index (χ0v) is 15.6. The molecule has 0 aliphatic heterocycles. The van der Waals surface area contributed by atoms with E-state index in [1.807, 2.05) is 0 Å². The average molecular weight is 402 g/mol. The topological polar surface area (TPSA) is 68.3 Å². The van der Waals surface area contributed by atoms with Gasteiger partial charge in [-0.05, 0) is 50.2 Å². The van der Waals surface area contributed by atoms with Crippen LogP contribution < -0.4 is 5.32 Å². The number of ketones is 1. The molecule has 1 N–H and O–H groups in total. The van der Waals surface area contributed by atoms with Crippen molar-refractivity contribution < 1.29 is 27.5 Å². The number of hydrogen-bond acceptors (Lipinski definition) is 5. The number of pyridine rings is 1. The minimum atomic E-state index is -4.51. The van der Waals surface area contributed by atoms with E-state index in [1.54, 1.807) is 31.2 Å². The van der Waals surface area contributed by atoms with E-state index < -0.39 is 17.7 Å². The Hall–Kier alpha value is -3.42. The lowest BCUT2D eigenvalue weighted by molar-refractivity contribution is -0.137. The minimum absolute atomic E-state index is 0.0794. The van der Waals surface area contributed by atoms with Gasteiger partial charge in [-0.15, -0.1) is 0 Å². The Bertz CT molecular complexity index is 1080. The molecule has 0 saturated carbocycles. The van der Waals surface area contributed by atoms with Crippen LogP contribution in [0.5, 0.6) is 0 Å². The number of alkyl halides is 3. The molecule has 0 atom stereocenters. The third-order valence-corrected chi connectivity index (χ3v) is 4.25. The van der Waals surface area contributed by atoms with Gasteiger partial charge in [0, 0.05) is 22.8 Å². The van der Waals surface area contributed by atoms with E-state index in [2.05, 4.69) is 10.3 Å². The van der Waals surface area contributed by atoms with Crippen molar-refractivity contribution in [1.82, 2.24) is 4.98 Å². The van der Waals surface area contributed by atoms with E-state index in [9.17, 15) is 22.8 Å². The van der Waals surface area contributed by atoms with Crippen LogP contribution in [-0.4, -0.2) is 23.3 Å². The van der Waals surface area contributed by atoms with Gasteiger partial charge in [0.25, 0.3) is 0 Å². The van der Waals surface area contributed by atoms with Crippen molar-refractivity contribution in [3.8, 4) is 0 Å². The second-order valence-electron chi connectivity index (χ2n) is 6.26. The van der Waals surface area contributed by atoms with Crippen molar-refractivity contribution in [2.45, 2.75) is 20.0 Å². The van der Waals surface area contributed by atoms with Crippen LogP contribution in [0.15, 0.2) is 48.7 Å². The summed E-state index contributed by atoms with van der Waals surface area (Å²) in [5.74, 6) is -0.748. The molecule has 150 valence electrons. The van der Waals surface area contributed by atoms with Crippen LogP contribution in [0.2, 0.25) is 0 Å². The first-order valence-corrected chi connectivity index (χ1v) is 8.75. The molecule has 1 heterocycles. The number of nitrogens with zero attached hydrogens (tertiary/aromatic N) is 1. The summed E-state index contributed by atoms with van der Waals surface area (Å²) in [6, 6.07) is 9.63. The Balaban J connectivity index is 2.12. The van der Waals surface area contributed by atoms with E-state index in [0.717, 1.165) is 12.1 Å². The standard InChI is InChI=1S/C21H17F3N2O3/c1-3-29-20(28)17-11-25-18-10-14(21(22,23)24)6-9-16(18)19(17)26-15-7-4-13(5-8-15)12(2)27/h4-11H,3H2,1-2H3,(H,25,26). The highest BCUT2D eigenvalue weighted by Crippen LogP contribution is 2.35. The Morgan fingerprint density at radius 3 is 2.38 bits per heavy atom. The molecule has 0 unspecified atom stereocenters. The van der Waals surface area contributed by atoms with Gasteiger partial charge in [-0.1, -0.05) is 6.07 Å². The van der Waals surface area contributed by atoms with E-state index in [-0.39, 0.29) is 29.2 Å². The second kappa shape index (κ2) is 7.90. The van der Waals surface area contributed by atoms with E-state index in [0.29, 0.717) is 16.6 Å². The van der Waals surface area contributed by atoms with Crippen LogP contribution in [0.1, 0.15) is 40.1 Å². The van der Waals surface area contributed by atoms with Crippen LogP contribution in [0.3, 0.4) is 0 Å².